The summed E-state index contributed by atoms with van der Waals surface area (Å²) in [4.78, 5) is 11.1. The van der Waals surface area contributed by atoms with Crippen LogP contribution in [-0.4, -0.2) is 31.4 Å². The molecule has 0 saturated carbocycles. The molecule has 0 saturated heterocycles. The van der Waals surface area contributed by atoms with E-state index in [2.05, 4.69) is 15.5 Å². The summed E-state index contributed by atoms with van der Waals surface area (Å²) in [7, 11) is 0. The van der Waals surface area contributed by atoms with Crippen LogP contribution in [0.2, 0.25) is 0 Å². The van der Waals surface area contributed by atoms with Crippen molar-refractivity contribution in [2.24, 2.45) is 5.73 Å². The molecule has 0 spiro atoms. The van der Waals surface area contributed by atoms with Crippen molar-refractivity contribution in [3.8, 4) is 5.69 Å². The van der Waals surface area contributed by atoms with Gasteiger partial charge in [0.25, 0.3) is 0 Å². The van der Waals surface area contributed by atoms with Gasteiger partial charge in [0.1, 0.15) is 0 Å². The van der Waals surface area contributed by atoms with Gasteiger partial charge in [0.05, 0.1) is 10.9 Å². The molecule has 1 aromatic heterocycles. The molecule has 6 nitrogen and oxygen atoms in total. The van der Waals surface area contributed by atoms with Crippen LogP contribution in [0.25, 0.3) is 5.69 Å². The van der Waals surface area contributed by atoms with E-state index in [0.717, 1.165) is 16.8 Å². The molecule has 2 N–H and O–H groups in total. The fraction of sp³-hybridized carbons (Fsp3) is 0.333. The summed E-state index contributed by atoms with van der Waals surface area (Å²) in [6.07, 6.45) is 0. The highest BCUT2D eigenvalue weighted by atomic mass is 32.2. The number of primary amides is 1. The summed E-state index contributed by atoms with van der Waals surface area (Å²) in [5.41, 5.74) is 8.34. The van der Waals surface area contributed by atoms with Crippen LogP contribution in [0.3, 0.4) is 0 Å². The van der Waals surface area contributed by atoms with Gasteiger partial charge in [-0.15, -0.1) is 5.10 Å². The Morgan fingerprint density at radius 3 is 2.58 bits per heavy atom. The number of aryl methyl sites for hydroxylation is 2. The van der Waals surface area contributed by atoms with E-state index in [1.165, 1.54) is 11.8 Å². The minimum absolute atomic E-state index is 0.380. The number of benzene rings is 1. The zero-order valence-corrected chi connectivity index (χ0v) is 11.8. The summed E-state index contributed by atoms with van der Waals surface area (Å²) in [6, 6.07) is 5.98. The second-order valence-corrected chi connectivity index (χ2v) is 5.58. The number of para-hydroxylation sites is 1. The first-order valence-corrected chi connectivity index (χ1v) is 6.69. The number of carbonyl (C=O) groups is 1. The fourth-order valence-electron chi connectivity index (χ4n) is 1.75. The third-order valence-electron chi connectivity index (χ3n) is 2.78. The minimum atomic E-state index is -0.388. The van der Waals surface area contributed by atoms with Crippen LogP contribution in [0.5, 0.6) is 0 Å². The Labute approximate surface area is 115 Å². The van der Waals surface area contributed by atoms with E-state index >= 15 is 0 Å². The fourth-order valence-corrected chi connectivity index (χ4v) is 2.49. The lowest BCUT2D eigenvalue weighted by atomic mass is 10.1. The van der Waals surface area contributed by atoms with Gasteiger partial charge in [0.2, 0.25) is 11.1 Å². The molecule has 2 aromatic rings. The quantitative estimate of drug-likeness (QED) is 0.850. The number of amides is 1. The molecule has 2 rings (SSSR count). The normalized spacial score (nSPS) is 12.4. The summed E-state index contributed by atoms with van der Waals surface area (Å²) in [5.74, 6) is -0.388. The molecule has 1 amide bonds. The third-order valence-corrected chi connectivity index (χ3v) is 3.83. The van der Waals surface area contributed by atoms with Crippen molar-refractivity contribution in [2.75, 3.05) is 0 Å². The molecule has 0 aliphatic carbocycles. The SMILES string of the molecule is Cc1cccc(C)c1-n1nnnc1SC(C)C(N)=O. The molecule has 0 radical (unpaired) electrons. The second kappa shape index (κ2) is 5.40. The van der Waals surface area contributed by atoms with Gasteiger partial charge in [0.15, 0.2) is 0 Å². The van der Waals surface area contributed by atoms with Crippen molar-refractivity contribution < 1.29 is 4.79 Å². The number of thioether (sulfide) groups is 1. The summed E-state index contributed by atoms with van der Waals surface area (Å²) < 4.78 is 1.65. The monoisotopic (exact) mass is 277 g/mol. The molecular formula is C12H15N5OS. The van der Waals surface area contributed by atoms with Gasteiger partial charge in [-0.25, -0.2) is 0 Å². The molecule has 0 fully saturated rings. The number of rotatable bonds is 4. The van der Waals surface area contributed by atoms with Crippen molar-refractivity contribution >= 4 is 17.7 Å². The van der Waals surface area contributed by atoms with E-state index in [-0.39, 0.29) is 11.2 Å². The van der Waals surface area contributed by atoms with Crippen molar-refractivity contribution in [1.29, 1.82) is 0 Å². The highest BCUT2D eigenvalue weighted by Crippen LogP contribution is 2.25. The Bertz CT molecular complexity index is 590. The Kier molecular flexibility index (Phi) is 3.84. The molecule has 100 valence electrons. The number of nitrogens with two attached hydrogens (primary N) is 1. The van der Waals surface area contributed by atoms with Gasteiger partial charge >= 0.3 is 0 Å². The second-order valence-electron chi connectivity index (χ2n) is 4.28. The van der Waals surface area contributed by atoms with E-state index in [0.29, 0.717) is 5.16 Å². The molecule has 0 bridgehead atoms. The van der Waals surface area contributed by atoms with Crippen molar-refractivity contribution in [1.82, 2.24) is 20.2 Å². The summed E-state index contributed by atoms with van der Waals surface area (Å²) >= 11 is 1.25. The molecule has 7 heteroatoms. The lowest BCUT2D eigenvalue weighted by molar-refractivity contribution is -0.117. The van der Waals surface area contributed by atoms with Gasteiger partial charge in [-0.05, 0) is 42.3 Å². The van der Waals surface area contributed by atoms with E-state index in [9.17, 15) is 4.79 Å². The average molecular weight is 277 g/mol. The maximum atomic E-state index is 11.1. The average Bonchev–Trinajstić information content (AvgIpc) is 2.77. The Morgan fingerprint density at radius 1 is 1.37 bits per heavy atom. The molecule has 1 heterocycles. The van der Waals surface area contributed by atoms with Crippen molar-refractivity contribution in [2.45, 2.75) is 31.2 Å². The first-order valence-electron chi connectivity index (χ1n) is 5.81. The molecule has 19 heavy (non-hydrogen) atoms. The van der Waals surface area contributed by atoms with Crippen molar-refractivity contribution in [3.05, 3.63) is 29.3 Å². The minimum Gasteiger partial charge on any atom is -0.369 e. The van der Waals surface area contributed by atoms with Gasteiger partial charge < -0.3 is 5.73 Å². The van der Waals surface area contributed by atoms with Gasteiger partial charge in [0, 0.05) is 0 Å². The molecule has 0 aliphatic rings. The largest absolute Gasteiger partial charge is 0.369 e. The first kappa shape index (κ1) is 13.5. The van der Waals surface area contributed by atoms with Crippen molar-refractivity contribution in [3.63, 3.8) is 0 Å². The predicted molar refractivity (Wildman–Crippen MR) is 73.1 cm³/mol. The summed E-state index contributed by atoms with van der Waals surface area (Å²) in [5, 5.41) is 11.8. The summed E-state index contributed by atoms with van der Waals surface area (Å²) in [6.45, 7) is 5.72. The van der Waals surface area contributed by atoms with E-state index < -0.39 is 0 Å². The molecule has 1 atom stereocenters. The van der Waals surface area contributed by atoms with Crippen LogP contribution >= 0.6 is 11.8 Å². The van der Waals surface area contributed by atoms with Crippen LogP contribution in [0.4, 0.5) is 0 Å². The maximum absolute atomic E-state index is 11.1. The third kappa shape index (κ3) is 2.76. The highest BCUT2D eigenvalue weighted by Gasteiger charge is 2.18. The van der Waals surface area contributed by atoms with Crippen LogP contribution in [-0.2, 0) is 4.79 Å². The highest BCUT2D eigenvalue weighted by molar-refractivity contribution is 8.00. The lowest BCUT2D eigenvalue weighted by Crippen LogP contribution is -2.23. The molecule has 1 aromatic carbocycles. The standard InChI is InChI=1S/C12H15N5OS/c1-7-5-4-6-8(2)10(7)17-12(14-15-16-17)19-9(3)11(13)18/h4-6,9H,1-3H3,(H2,13,18). The topological polar surface area (TPSA) is 86.7 Å². The zero-order valence-electron chi connectivity index (χ0n) is 11.0. The van der Waals surface area contributed by atoms with E-state index in [4.69, 9.17) is 5.73 Å². The first-order chi connectivity index (χ1) is 9.00. The number of hydrogen-bond acceptors (Lipinski definition) is 5. The lowest BCUT2D eigenvalue weighted by Gasteiger charge is -2.11. The van der Waals surface area contributed by atoms with E-state index in [1.54, 1.807) is 11.6 Å². The molecule has 0 aliphatic heterocycles. The van der Waals surface area contributed by atoms with Crippen LogP contribution in [0, 0.1) is 13.8 Å². The van der Waals surface area contributed by atoms with Gasteiger partial charge in [-0.2, -0.15) is 4.68 Å². The Balaban J connectivity index is 2.42. The molecule has 1 unspecified atom stereocenters. The number of nitrogens with zero attached hydrogens (tertiary/aromatic N) is 4. The Hall–Kier alpha value is -1.89. The predicted octanol–water partition coefficient (Wildman–Crippen LogP) is 1.25. The zero-order chi connectivity index (χ0) is 14.0. The molecular weight excluding hydrogens is 262 g/mol. The van der Waals surface area contributed by atoms with Gasteiger partial charge in [-0.1, -0.05) is 30.0 Å². The maximum Gasteiger partial charge on any atom is 0.230 e. The van der Waals surface area contributed by atoms with E-state index in [1.807, 2.05) is 32.0 Å². The number of carbonyl (C=O) groups excluding carboxylic acids is 1. The van der Waals surface area contributed by atoms with Crippen LogP contribution in [0.15, 0.2) is 23.4 Å². The van der Waals surface area contributed by atoms with Gasteiger partial charge in [-0.3, -0.25) is 4.79 Å². The Morgan fingerprint density at radius 2 is 2.00 bits per heavy atom. The smallest absolute Gasteiger partial charge is 0.230 e. The number of hydrogen-bond donors (Lipinski definition) is 1. The van der Waals surface area contributed by atoms with Crippen LogP contribution < -0.4 is 5.73 Å². The van der Waals surface area contributed by atoms with Crippen LogP contribution in [0.1, 0.15) is 18.1 Å². The number of aromatic nitrogens is 4. The number of tetrazole rings is 1.